The first kappa shape index (κ1) is 12.0. The van der Waals surface area contributed by atoms with E-state index in [4.69, 9.17) is 5.26 Å². The second kappa shape index (κ2) is 5.13. The SMILES string of the molecule is CCC(C#N)C(=O)N1CCN(C)C(C)C1. The van der Waals surface area contributed by atoms with Gasteiger partial charge in [0, 0.05) is 25.7 Å². The number of carbonyl (C=O) groups excluding carboxylic acids is 1. The van der Waals surface area contributed by atoms with Crippen molar-refractivity contribution >= 4 is 5.91 Å². The van der Waals surface area contributed by atoms with E-state index in [1.54, 1.807) is 0 Å². The molecule has 0 radical (unpaired) electrons. The van der Waals surface area contributed by atoms with Crippen LogP contribution in [0.1, 0.15) is 20.3 Å². The minimum Gasteiger partial charge on any atom is -0.339 e. The maximum Gasteiger partial charge on any atom is 0.240 e. The molecule has 1 aliphatic heterocycles. The minimum absolute atomic E-state index is 0.0000463. The van der Waals surface area contributed by atoms with Crippen LogP contribution in [0.4, 0.5) is 0 Å². The summed E-state index contributed by atoms with van der Waals surface area (Å²) in [4.78, 5) is 16.0. The van der Waals surface area contributed by atoms with E-state index in [9.17, 15) is 4.79 Å². The summed E-state index contributed by atoms with van der Waals surface area (Å²) < 4.78 is 0. The van der Waals surface area contributed by atoms with Gasteiger partial charge in [-0.3, -0.25) is 4.79 Å². The Kier molecular flexibility index (Phi) is 4.10. The molecule has 0 aromatic carbocycles. The molecule has 0 aromatic rings. The van der Waals surface area contributed by atoms with Gasteiger partial charge in [-0.05, 0) is 20.4 Å². The molecule has 1 heterocycles. The Bertz CT molecular complexity index is 271. The van der Waals surface area contributed by atoms with Crippen LogP contribution in [-0.2, 0) is 4.79 Å². The van der Waals surface area contributed by atoms with Gasteiger partial charge in [-0.25, -0.2) is 0 Å². The van der Waals surface area contributed by atoms with Crippen LogP contribution in [0.15, 0.2) is 0 Å². The summed E-state index contributed by atoms with van der Waals surface area (Å²) in [7, 11) is 2.06. The fourth-order valence-electron chi connectivity index (χ4n) is 1.79. The van der Waals surface area contributed by atoms with Gasteiger partial charge in [0.1, 0.15) is 5.92 Å². The van der Waals surface area contributed by atoms with Crippen molar-refractivity contribution in [3.05, 3.63) is 0 Å². The van der Waals surface area contributed by atoms with Crippen molar-refractivity contribution in [1.29, 1.82) is 5.26 Å². The summed E-state index contributed by atoms with van der Waals surface area (Å²) in [6.45, 7) is 6.37. The third-order valence-corrected chi connectivity index (χ3v) is 3.13. The predicted molar refractivity (Wildman–Crippen MR) is 58.1 cm³/mol. The average Bonchev–Trinajstić information content (AvgIpc) is 2.23. The van der Waals surface area contributed by atoms with Crippen LogP contribution in [0, 0.1) is 17.2 Å². The molecule has 1 amide bonds. The summed E-state index contributed by atoms with van der Waals surface area (Å²) >= 11 is 0. The molecule has 0 aromatic heterocycles. The first-order chi connectivity index (χ1) is 7.10. The summed E-state index contributed by atoms with van der Waals surface area (Å²) in [5, 5.41) is 8.84. The maximum atomic E-state index is 11.9. The second-order valence-electron chi connectivity index (χ2n) is 4.20. The normalized spacial score (nSPS) is 24.7. The molecular formula is C11H19N3O. The highest BCUT2D eigenvalue weighted by Crippen LogP contribution is 2.12. The van der Waals surface area contributed by atoms with E-state index in [2.05, 4.69) is 24.9 Å². The number of piperazine rings is 1. The highest BCUT2D eigenvalue weighted by atomic mass is 16.2. The van der Waals surface area contributed by atoms with Crippen LogP contribution in [0.5, 0.6) is 0 Å². The molecule has 1 rings (SSSR count). The molecule has 4 nitrogen and oxygen atoms in total. The molecule has 1 fully saturated rings. The van der Waals surface area contributed by atoms with Crippen molar-refractivity contribution in [3.8, 4) is 6.07 Å². The van der Waals surface area contributed by atoms with E-state index in [1.807, 2.05) is 11.8 Å². The molecule has 0 bridgehead atoms. The monoisotopic (exact) mass is 209 g/mol. The first-order valence-corrected chi connectivity index (χ1v) is 5.48. The van der Waals surface area contributed by atoms with Crippen LogP contribution in [0.2, 0.25) is 0 Å². The largest absolute Gasteiger partial charge is 0.339 e. The molecule has 1 aliphatic rings. The lowest BCUT2D eigenvalue weighted by Crippen LogP contribution is -2.53. The number of carbonyl (C=O) groups is 1. The molecule has 2 atom stereocenters. The van der Waals surface area contributed by atoms with Crippen molar-refractivity contribution in [1.82, 2.24) is 9.80 Å². The lowest BCUT2D eigenvalue weighted by atomic mass is 10.1. The fourth-order valence-corrected chi connectivity index (χ4v) is 1.79. The summed E-state index contributed by atoms with van der Waals surface area (Å²) in [5.74, 6) is -0.458. The third kappa shape index (κ3) is 2.69. The Hall–Kier alpha value is -1.08. The molecule has 0 N–H and O–H groups in total. The molecule has 15 heavy (non-hydrogen) atoms. The molecule has 4 heteroatoms. The van der Waals surface area contributed by atoms with Crippen molar-refractivity contribution in [3.63, 3.8) is 0 Å². The summed E-state index contributed by atoms with van der Waals surface area (Å²) in [5.41, 5.74) is 0. The van der Waals surface area contributed by atoms with E-state index in [-0.39, 0.29) is 5.91 Å². The molecule has 0 aliphatic carbocycles. The van der Waals surface area contributed by atoms with Crippen LogP contribution < -0.4 is 0 Å². The fraction of sp³-hybridized carbons (Fsp3) is 0.818. The maximum absolute atomic E-state index is 11.9. The highest BCUT2D eigenvalue weighted by molar-refractivity contribution is 5.81. The van der Waals surface area contributed by atoms with Gasteiger partial charge < -0.3 is 9.80 Å². The Morgan fingerprint density at radius 1 is 1.60 bits per heavy atom. The molecular weight excluding hydrogens is 190 g/mol. The smallest absolute Gasteiger partial charge is 0.240 e. The zero-order valence-corrected chi connectivity index (χ0v) is 9.73. The molecule has 0 spiro atoms. The van der Waals surface area contributed by atoms with Gasteiger partial charge in [-0.2, -0.15) is 5.26 Å². The van der Waals surface area contributed by atoms with E-state index < -0.39 is 5.92 Å². The Labute approximate surface area is 91.5 Å². The van der Waals surface area contributed by atoms with Gasteiger partial charge in [0.15, 0.2) is 0 Å². The predicted octanol–water partition coefficient (Wildman–Crippen LogP) is 0.699. The second-order valence-corrected chi connectivity index (χ2v) is 4.20. The summed E-state index contributed by atoms with van der Waals surface area (Å²) in [6.07, 6.45) is 0.607. The Balaban J connectivity index is 2.58. The highest BCUT2D eigenvalue weighted by Gasteiger charge is 2.28. The average molecular weight is 209 g/mol. The minimum atomic E-state index is -0.458. The van der Waals surface area contributed by atoms with E-state index in [1.165, 1.54) is 0 Å². The number of rotatable bonds is 2. The van der Waals surface area contributed by atoms with Crippen LogP contribution in [-0.4, -0.2) is 48.4 Å². The van der Waals surface area contributed by atoms with Crippen molar-refractivity contribution < 1.29 is 4.79 Å². The lowest BCUT2D eigenvalue weighted by Gasteiger charge is -2.38. The van der Waals surface area contributed by atoms with Crippen molar-refractivity contribution in [2.24, 2.45) is 5.92 Å². The number of likely N-dealkylation sites (N-methyl/N-ethyl adjacent to an activating group) is 1. The number of hydrogen-bond acceptors (Lipinski definition) is 3. The van der Waals surface area contributed by atoms with Crippen LogP contribution in [0.3, 0.4) is 0 Å². The van der Waals surface area contributed by atoms with Gasteiger partial charge in [0.2, 0.25) is 5.91 Å². The standard InChI is InChI=1S/C11H19N3O/c1-4-10(7-12)11(15)14-6-5-13(3)9(2)8-14/h9-10H,4-6,8H2,1-3H3. The van der Waals surface area contributed by atoms with E-state index >= 15 is 0 Å². The summed E-state index contributed by atoms with van der Waals surface area (Å²) in [6, 6.07) is 2.46. The van der Waals surface area contributed by atoms with E-state index in [0.717, 1.165) is 19.6 Å². The third-order valence-electron chi connectivity index (χ3n) is 3.13. The first-order valence-electron chi connectivity index (χ1n) is 5.48. The number of amides is 1. The van der Waals surface area contributed by atoms with Crippen LogP contribution >= 0.6 is 0 Å². The molecule has 0 saturated carbocycles. The zero-order valence-electron chi connectivity index (χ0n) is 9.73. The number of hydrogen-bond donors (Lipinski definition) is 0. The Morgan fingerprint density at radius 3 is 2.73 bits per heavy atom. The topological polar surface area (TPSA) is 47.3 Å². The molecule has 2 unspecified atom stereocenters. The lowest BCUT2D eigenvalue weighted by molar-refractivity contribution is -0.136. The van der Waals surface area contributed by atoms with Crippen molar-refractivity contribution in [2.45, 2.75) is 26.3 Å². The quantitative estimate of drug-likeness (QED) is 0.672. The van der Waals surface area contributed by atoms with Gasteiger partial charge in [0.05, 0.1) is 6.07 Å². The number of nitriles is 1. The van der Waals surface area contributed by atoms with Crippen molar-refractivity contribution in [2.75, 3.05) is 26.7 Å². The zero-order chi connectivity index (χ0) is 11.4. The van der Waals surface area contributed by atoms with Gasteiger partial charge in [-0.15, -0.1) is 0 Å². The van der Waals surface area contributed by atoms with Gasteiger partial charge >= 0.3 is 0 Å². The molecule has 1 saturated heterocycles. The van der Waals surface area contributed by atoms with E-state index in [0.29, 0.717) is 12.5 Å². The Morgan fingerprint density at radius 2 is 2.27 bits per heavy atom. The molecule has 84 valence electrons. The van der Waals surface area contributed by atoms with Gasteiger partial charge in [-0.1, -0.05) is 6.92 Å². The van der Waals surface area contributed by atoms with Gasteiger partial charge in [0.25, 0.3) is 0 Å². The number of nitrogens with zero attached hydrogens (tertiary/aromatic N) is 3. The van der Waals surface area contributed by atoms with Crippen LogP contribution in [0.25, 0.3) is 0 Å².